The van der Waals surface area contributed by atoms with E-state index < -0.39 is 10.0 Å². The highest BCUT2D eigenvalue weighted by atomic mass is 79.9. The van der Waals surface area contributed by atoms with Gasteiger partial charge in [-0.05, 0) is 28.5 Å². The number of rotatable bonds is 7. The lowest BCUT2D eigenvalue weighted by molar-refractivity contribution is 0.464. The van der Waals surface area contributed by atoms with Crippen molar-refractivity contribution in [3.05, 3.63) is 40.7 Å². The van der Waals surface area contributed by atoms with Gasteiger partial charge in [-0.1, -0.05) is 6.92 Å². The molecule has 2 aromatic heterocycles. The summed E-state index contributed by atoms with van der Waals surface area (Å²) < 4.78 is 37.3. The molecular formula is C12H15BrN2O4S. The van der Waals surface area contributed by atoms with Crippen LogP contribution in [0.3, 0.4) is 0 Å². The van der Waals surface area contributed by atoms with Crippen LogP contribution in [0.5, 0.6) is 0 Å². The van der Waals surface area contributed by atoms with Crippen LogP contribution in [0.25, 0.3) is 0 Å². The van der Waals surface area contributed by atoms with Crippen molar-refractivity contribution >= 4 is 26.0 Å². The molecule has 0 saturated carbocycles. The van der Waals surface area contributed by atoms with Gasteiger partial charge in [0.2, 0.25) is 10.0 Å². The first-order valence-electron chi connectivity index (χ1n) is 6.02. The molecular weight excluding hydrogens is 348 g/mol. The number of sulfonamides is 1. The molecule has 8 heteroatoms. The Morgan fingerprint density at radius 1 is 1.35 bits per heavy atom. The van der Waals surface area contributed by atoms with E-state index in [1.807, 2.05) is 6.92 Å². The summed E-state index contributed by atoms with van der Waals surface area (Å²) in [6.07, 6.45) is 2.98. The fourth-order valence-electron chi connectivity index (χ4n) is 1.57. The van der Waals surface area contributed by atoms with Gasteiger partial charge in [0.25, 0.3) is 0 Å². The van der Waals surface area contributed by atoms with Crippen LogP contribution in [0.2, 0.25) is 0 Å². The summed E-state index contributed by atoms with van der Waals surface area (Å²) in [5, 5.41) is 3.07. The lowest BCUT2D eigenvalue weighted by Gasteiger charge is -2.02. The molecule has 0 amide bonds. The normalized spacial score (nSPS) is 11.9. The van der Waals surface area contributed by atoms with Gasteiger partial charge in [0.05, 0.1) is 19.1 Å². The molecule has 0 aromatic carbocycles. The fraction of sp³-hybridized carbons (Fsp3) is 0.333. The maximum atomic E-state index is 12.2. The zero-order valence-electron chi connectivity index (χ0n) is 10.8. The number of furan rings is 2. The molecule has 0 spiro atoms. The first-order valence-corrected chi connectivity index (χ1v) is 8.30. The average molecular weight is 363 g/mol. The molecule has 20 heavy (non-hydrogen) atoms. The van der Waals surface area contributed by atoms with Crippen molar-refractivity contribution in [2.24, 2.45) is 0 Å². The number of nitrogens with one attached hydrogen (secondary N) is 2. The van der Waals surface area contributed by atoms with Gasteiger partial charge in [0.1, 0.15) is 10.7 Å². The molecule has 0 bridgehead atoms. The highest BCUT2D eigenvalue weighted by Crippen LogP contribution is 2.26. The molecule has 0 fully saturated rings. The zero-order valence-corrected chi connectivity index (χ0v) is 13.3. The third-order valence-electron chi connectivity index (χ3n) is 2.59. The maximum Gasteiger partial charge on any atom is 0.245 e. The Kier molecular flexibility index (Phi) is 5.03. The van der Waals surface area contributed by atoms with E-state index in [0.717, 1.165) is 12.1 Å². The van der Waals surface area contributed by atoms with Crippen LogP contribution in [0.4, 0.5) is 0 Å². The minimum absolute atomic E-state index is 0.0916. The molecule has 0 radical (unpaired) electrons. The molecule has 2 rings (SSSR count). The molecule has 0 aliphatic heterocycles. The average Bonchev–Trinajstić information content (AvgIpc) is 3.03. The van der Waals surface area contributed by atoms with Gasteiger partial charge < -0.3 is 14.2 Å². The maximum absolute atomic E-state index is 12.2. The summed E-state index contributed by atoms with van der Waals surface area (Å²) in [6.45, 7) is 3.38. The van der Waals surface area contributed by atoms with E-state index in [4.69, 9.17) is 8.83 Å². The van der Waals surface area contributed by atoms with Crippen molar-refractivity contribution in [3.8, 4) is 0 Å². The van der Waals surface area contributed by atoms with Gasteiger partial charge in [-0.3, -0.25) is 0 Å². The summed E-state index contributed by atoms with van der Waals surface area (Å²) >= 11 is 3.13. The topological polar surface area (TPSA) is 84.5 Å². The van der Waals surface area contributed by atoms with Crippen LogP contribution in [-0.4, -0.2) is 15.0 Å². The van der Waals surface area contributed by atoms with Crippen molar-refractivity contribution in [2.75, 3.05) is 6.54 Å². The first kappa shape index (κ1) is 15.3. The van der Waals surface area contributed by atoms with Gasteiger partial charge in [-0.2, -0.15) is 0 Å². The van der Waals surface area contributed by atoms with Gasteiger partial charge in [0, 0.05) is 18.2 Å². The minimum atomic E-state index is -3.63. The second-order valence-electron chi connectivity index (χ2n) is 4.09. The smallest absolute Gasteiger partial charge is 0.245 e. The van der Waals surface area contributed by atoms with Gasteiger partial charge in [0.15, 0.2) is 4.67 Å². The summed E-state index contributed by atoms with van der Waals surface area (Å²) in [4.78, 5) is 0.0916. The molecule has 0 aliphatic rings. The SMILES string of the molecule is CCNCc1cc(S(=O)(=O)NCc2ccoc2)c(Br)o1. The van der Waals surface area contributed by atoms with Gasteiger partial charge >= 0.3 is 0 Å². The molecule has 2 heterocycles. The van der Waals surface area contributed by atoms with Crippen molar-refractivity contribution < 1.29 is 17.3 Å². The number of halogens is 1. The molecule has 110 valence electrons. The Balaban J connectivity index is 2.10. The first-order chi connectivity index (χ1) is 9.53. The second kappa shape index (κ2) is 6.57. The number of hydrogen-bond donors (Lipinski definition) is 2. The minimum Gasteiger partial charge on any atom is -0.472 e. The predicted octanol–water partition coefficient (Wildman–Crippen LogP) is 2.22. The zero-order chi connectivity index (χ0) is 14.6. The van der Waals surface area contributed by atoms with E-state index in [1.54, 1.807) is 6.07 Å². The Bertz CT molecular complexity index is 649. The lowest BCUT2D eigenvalue weighted by atomic mass is 10.4. The van der Waals surface area contributed by atoms with E-state index in [-0.39, 0.29) is 16.1 Å². The van der Waals surface area contributed by atoms with Crippen LogP contribution < -0.4 is 10.0 Å². The summed E-state index contributed by atoms with van der Waals surface area (Å²) in [5.74, 6) is 0.558. The summed E-state index contributed by atoms with van der Waals surface area (Å²) in [7, 11) is -3.63. The van der Waals surface area contributed by atoms with Gasteiger partial charge in [-0.25, -0.2) is 13.1 Å². The summed E-state index contributed by atoms with van der Waals surface area (Å²) in [6, 6.07) is 3.20. The van der Waals surface area contributed by atoms with E-state index in [0.29, 0.717) is 12.3 Å². The van der Waals surface area contributed by atoms with E-state index >= 15 is 0 Å². The van der Waals surface area contributed by atoms with E-state index in [1.165, 1.54) is 18.6 Å². The Morgan fingerprint density at radius 2 is 2.15 bits per heavy atom. The van der Waals surface area contributed by atoms with E-state index in [9.17, 15) is 8.42 Å². The highest BCUT2D eigenvalue weighted by Gasteiger charge is 2.22. The second-order valence-corrected chi connectivity index (χ2v) is 6.54. The quantitative estimate of drug-likeness (QED) is 0.788. The molecule has 0 saturated heterocycles. The third-order valence-corrected chi connectivity index (χ3v) is 4.85. The lowest BCUT2D eigenvalue weighted by Crippen LogP contribution is -2.22. The van der Waals surface area contributed by atoms with E-state index in [2.05, 4.69) is 26.0 Å². The molecule has 2 N–H and O–H groups in total. The molecule has 0 unspecified atom stereocenters. The Hall–Kier alpha value is -1.09. The van der Waals surface area contributed by atoms with Crippen molar-refractivity contribution in [1.29, 1.82) is 0 Å². The monoisotopic (exact) mass is 362 g/mol. The van der Waals surface area contributed by atoms with Crippen molar-refractivity contribution in [1.82, 2.24) is 10.0 Å². The summed E-state index contributed by atoms with van der Waals surface area (Å²) in [5.41, 5.74) is 0.751. The Labute approximate surface area is 125 Å². The van der Waals surface area contributed by atoms with Crippen LogP contribution in [0, 0.1) is 0 Å². The fourth-order valence-corrected chi connectivity index (χ4v) is 3.58. The van der Waals surface area contributed by atoms with Crippen molar-refractivity contribution in [2.45, 2.75) is 24.9 Å². The standard InChI is InChI=1S/C12H15BrN2O4S/c1-2-14-7-10-5-11(12(13)19-10)20(16,17)15-6-9-3-4-18-8-9/h3-5,8,14-15H,2,6-7H2,1H3. The van der Waals surface area contributed by atoms with Crippen LogP contribution in [0.1, 0.15) is 18.2 Å². The third kappa shape index (κ3) is 3.72. The van der Waals surface area contributed by atoms with Gasteiger partial charge in [-0.15, -0.1) is 0 Å². The number of hydrogen-bond acceptors (Lipinski definition) is 5. The van der Waals surface area contributed by atoms with Crippen LogP contribution in [0.15, 0.2) is 43.1 Å². The highest BCUT2D eigenvalue weighted by molar-refractivity contribution is 9.10. The molecule has 0 atom stereocenters. The van der Waals surface area contributed by atoms with Crippen molar-refractivity contribution in [3.63, 3.8) is 0 Å². The molecule has 0 aliphatic carbocycles. The Morgan fingerprint density at radius 3 is 2.80 bits per heavy atom. The largest absolute Gasteiger partial charge is 0.472 e. The predicted molar refractivity (Wildman–Crippen MR) is 76.5 cm³/mol. The van der Waals surface area contributed by atoms with Crippen LogP contribution in [-0.2, 0) is 23.1 Å². The van der Waals surface area contributed by atoms with Crippen LogP contribution >= 0.6 is 15.9 Å². The molecule has 6 nitrogen and oxygen atoms in total. The molecule has 2 aromatic rings.